The highest BCUT2D eigenvalue weighted by atomic mass is 16.2. The van der Waals surface area contributed by atoms with E-state index >= 15 is 0 Å². The van der Waals surface area contributed by atoms with Crippen LogP contribution in [0.2, 0.25) is 0 Å². The molecule has 26 heavy (non-hydrogen) atoms. The van der Waals surface area contributed by atoms with Gasteiger partial charge >= 0.3 is 0 Å². The summed E-state index contributed by atoms with van der Waals surface area (Å²) in [6.45, 7) is 2.89. The highest BCUT2D eigenvalue weighted by molar-refractivity contribution is 5.94. The fourth-order valence-electron chi connectivity index (χ4n) is 4.01. The Kier molecular flexibility index (Phi) is 3.58. The second kappa shape index (κ2) is 6.09. The van der Waals surface area contributed by atoms with Crippen molar-refractivity contribution in [1.82, 2.24) is 25.1 Å². The molecule has 0 radical (unpaired) electrons. The Bertz CT molecular complexity index is 968. The molecular formula is C19H20N6O. The van der Waals surface area contributed by atoms with E-state index in [-0.39, 0.29) is 5.91 Å². The van der Waals surface area contributed by atoms with Crippen LogP contribution in [-0.2, 0) is 12.8 Å². The van der Waals surface area contributed by atoms with Gasteiger partial charge in [-0.1, -0.05) is 12.1 Å². The number of benzene rings is 1. The first-order valence-electron chi connectivity index (χ1n) is 9.11. The van der Waals surface area contributed by atoms with E-state index in [4.69, 9.17) is 0 Å². The quantitative estimate of drug-likeness (QED) is 0.764. The Morgan fingerprint density at radius 2 is 1.88 bits per heavy atom. The van der Waals surface area contributed by atoms with Crippen molar-refractivity contribution in [2.24, 2.45) is 0 Å². The summed E-state index contributed by atoms with van der Waals surface area (Å²) in [7, 11) is 0. The summed E-state index contributed by atoms with van der Waals surface area (Å²) >= 11 is 0. The Labute approximate surface area is 151 Å². The van der Waals surface area contributed by atoms with E-state index in [0.29, 0.717) is 18.8 Å². The summed E-state index contributed by atoms with van der Waals surface area (Å²) in [6.07, 6.45) is 4.69. The van der Waals surface area contributed by atoms with E-state index in [0.717, 1.165) is 60.3 Å². The van der Waals surface area contributed by atoms with Gasteiger partial charge < -0.3 is 9.80 Å². The number of hydrogen-bond acceptors (Lipinski definition) is 5. The van der Waals surface area contributed by atoms with Crippen LogP contribution in [0, 0.1) is 0 Å². The third-order valence-corrected chi connectivity index (χ3v) is 5.40. The summed E-state index contributed by atoms with van der Waals surface area (Å²) in [5.41, 5.74) is 3.83. The van der Waals surface area contributed by atoms with Crippen LogP contribution in [0.1, 0.15) is 28.2 Å². The lowest BCUT2D eigenvalue weighted by atomic mass is 10.1. The topological polar surface area (TPSA) is 78.0 Å². The maximum absolute atomic E-state index is 12.9. The number of anilines is 1. The second-order valence-electron chi connectivity index (χ2n) is 6.88. The van der Waals surface area contributed by atoms with Gasteiger partial charge in [-0.05, 0) is 31.4 Å². The number of rotatable bonds is 2. The molecule has 1 N–H and O–H groups in total. The van der Waals surface area contributed by atoms with Crippen LogP contribution in [0.4, 0.5) is 5.82 Å². The van der Waals surface area contributed by atoms with Crippen LogP contribution < -0.4 is 4.90 Å². The molecule has 1 aliphatic carbocycles. The molecule has 1 saturated heterocycles. The van der Waals surface area contributed by atoms with Gasteiger partial charge in [-0.2, -0.15) is 5.10 Å². The van der Waals surface area contributed by atoms with Gasteiger partial charge in [0.05, 0.1) is 5.52 Å². The normalized spacial score (nSPS) is 16.9. The lowest BCUT2D eigenvalue weighted by Crippen LogP contribution is -2.49. The number of piperazine rings is 1. The highest BCUT2D eigenvalue weighted by Crippen LogP contribution is 2.26. The number of hydrogen-bond donors (Lipinski definition) is 1. The average molecular weight is 348 g/mol. The van der Waals surface area contributed by atoms with Crippen molar-refractivity contribution in [2.45, 2.75) is 19.3 Å². The minimum atomic E-state index is 0.0524. The smallest absolute Gasteiger partial charge is 0.274 e. The Balaban J connectivity index is 1.34. The molecule has 1 aliphatic heterocycles. The van der Waals surface area contributed by atoms with Crippen LogP contribution in [0.3, 0.4) is 0 Å². The van der Waals surface area contributed by atoms with Crippen LogP contribution >= 0.6 is 0 Å². The molecule has 1 aromatic carbocycles. The Morgan fingerprint density at radius 1 is 1.04 bits per heavy atom. The largest absolute Gasteiger partial charge is 0.352 e. The Hall–Kier alpha value is -2.96. The first-order valence-corrected chi connectivity index (χ1v) is 9.11. The molecule has 0 unspecified atom stereocenters. The third-order valence-electron chi connectivity index (χ3n) is 5.40. The zero-order chi connectivity index (χ0) is 17.5. The SMILES string of the molecule is O=C(c1n[nH]c2c1CCC2)N1CCN(c2ncnc3ccccc23)CC1. The average Bonchev–Trinajstić information content (AvgIpc) is 3.31. The number of aromatic nitrogens is 4. The van der Waals surface area contributed by atoms with Crippen LogP contribution in [0.5, 0.6) is 0 Å². The molecule has 3 aromatic rings. The number of H-pyrrole nitrogens is 1. The first kappa shape index (κ1) is 15.3. The fraction of sp³-hybridized carbons (Fsp3) is 0.368. The summed E-state index contributed by atoms with van der Waals surface area (Å²) < 4.78 is 0. The van der Waals surface area contributed by atoms with E-state index in [1.807, 2.05) is 23.1 Å². The van der Waals surface area contributed by atoms with E-state index in [1.165, 1.54) is 0 Å². The lowest BCUT2D eigenvalue weighted by molar-refractivity contribution is 0.0739. The predicted octanol–water partition coefficient (Wildman–Crippen LogP) is 1.80. The molecule has 2 aromatic heterocycles. The number of nitrogens with one attached hydrogen (secondary N) is 1. The first-order chi connectivity index (χ1) is 12.8. The lowest BCUT2D eigenvalue weighted by Gasteiger charge is -2.35. The van der Waals surface area contributed by atoms with Crippen molar-refractivity contribution in [1.29, 1.82) is 0 Å². The van der Waals surface area contributed by atoms with Gasteiger partial charge in [-0.3, -0.25) is 9.89 Å². The minimum Gasteiger partial charge on any atom is -0.352 e. The van der Waals surface area contributed by atoms with E-state index < -0.39 is 0 Å². The zero-order valence-electron chi connectivity index (χ0n) is 14.5. The van der Waals surface area contributed by atoms with Crippen molar-refractivity contribution >= 4 is 22.6 Å². The van der Waals surface area contributed by atoms with Crippen LogP contribution in [-0.4, -0.2) is 57.2 Å². The third kappa shape index (κ3) is 2.42. The molecule has 1 fully saturated rings. The fourth-order valence-corrected chi connectivity index (χ4v) is 4.01. The van der Waals surface area contributed by atoms with Gasteiger partial charge in [0, 0.05) is 42.8 Å². The monoisotopic (exact) mass is 348 g/mol. The zero-order valence-corrected chi connectivity index (χ0v) is 14.5. The number of nitrogens with zero attached hydrogens (tertiary/aromatic N) is 5. The maximum atomic E-state index is 12.9. The molecule has 2 aliphatic rings. The van der Waals surface area contributed by atoms with Gasteiger partial charge in [0.1, 0.15) is 12.1 Å². The van der Waals surface area contributed by atoms with Gasteiger partial charge in [0.25, 0.3) is 5.91 Å². The molecule has 3 heterocycles. The maximum Gasteiger partial charge on any atom is 0.274 e. The van der Waals surface area contributed by atoms with Crippen molar-refractivity contribution < 1.29 is 4.79 Å². The highest BCUT2D eigenvalue weighted by Gasteiger charge is 2.29. The van der Waals surface area contributed by atoms with Gasteiger partial charge in [-0.25, -0.2) is 9.97 Å². The van der Waals surface area contributed by atoms with Crippen LogP contribution in [0.25, 0.3) is 10.9 Å². The number of carbonyl (C=O) groups excluding carboxylic acids is 1. The molecule has 0 saturated carbocycles. The van der Waals surface area contributed by atoms with Gasteiger partial charge in [-0.15, -0.1) is 0 Å². The number of carbonyl (C=O) groups is 1. The predicted molar refractivity (Wildman–Crippen MR) is 98.3 cm³/mol. The summed E-state index contributed by atoms with van der Waals surface area (Å²) in [5.74, 6) is 1.000. The van der Waals surface area contributed by atoms with Crippen molar-refractivity contribution in [3.8, 4) is 0 Å². The molecule has 0 spiro atoms. The molecule has 7 heteroatoms. The number of para-hydroxylation sites is 1. The second-order valence-corrected chi connectivity index (χ2v) is 6.88. The molecule has 132 valence electrons. The number of aryl methyl sites for hydroxylation is 1. The van der Waals surface area contributed by atoms with Gasteiger partial charge in [0.15, 0.2) is 5.69 Å². The van der Waals surface area contributed by atoms with Crippen molar-refractivity contribution in [2.75, 3.05) is 31.1 Å². The van der Waals surface area contributed by atoms with Crippen molar-refractivity contribution in [3.63, 3.8) is 0 Å². The molecule has 1 amide bonds. The molecule has 0 atom stereocenters. The number of aromatic amines is 1. The van der Waals surface area contributed by atoms with Gasteiger partial charge in [0.2, 0.25) is 0 Å². The summed E-state index contributed by atoms with van der Waals surface area (Å²) in [6, 6.07) is 8.04. The molecule has 0 bridgehead atoms. The van der Waals surface area contributed by atoms with Crippen molar-refractivity contribution in [3.05, 3.63) is 47.5 Å². The standard InChI is InChI=1S/C19H20N6O/c26-19(17-13-5-3-7-16(13)22-23-17)25-10-8-24(9-11-25)18-14-4-1-2-6-15(14)20-12-21-18/h1-2,4,6,12H,3,5,7-11H2,(H,22,23). The number of amides is 1. The van der Waals surface area contributed by atoms with E-state index in [9.17, 15) is 4.79 Å². The number of fused-ring (bicyclic) bond motifs is 2. The summed E-state index contributed by atoms with van der Waals surface area (Å²) in [4.78, 5) is 25.9. The summed E-state index contributed by atoms with van der Waals surface area (Å²) in [5, 5.41) is 8.37. The minimum absolute atomic E-state index is 0.0524. The van der Waals surface area contributed by atoms with Crippen LogP contribution in [0.15, 0.2) is 30.6 Å². The van der Waals surface area contributed by atoms with E-state index in [2.05, 4.69) is 31.1 Å². The molecular weight excluding hydrogens is 328 g/mol. The Morgan fingerprint density at radius 3 is 2.77 bits per heavy atom. The van der Waals surface area contributed by atoms with E-state index in [1.54, 1.807) is 6.33 Å². The molecule has 5 rings (SSSR count). The molecule has 7 nitrogen and oxygen atoms in total.